The number of rotatable bonds is 8. The highest BCUT2D eigenvalue weighted by molar-refractivity contribution is 7.47. The van der Waals surface area contributed by atoms with Crippen LogP contribution in [0.5, 0.6) is 0 Å². The van der Waals surface area contributed by atoms with Crippen LogP contribution in [0.1, 0.15) is 0 Å². The highest BCUT2D eigenvalue weighted by atomic mass is 31.2. The van der Waals surface area contributed by atoms with Crippen LogP contribution in [0.2, 0.25) is 0 Å². The lowest BCUT2D eigenvalue weighted by Crippen LogP contribution is -2.65. The van der Waals surface area contributed by atoms with Crippen molar-refractivity contribution in [2.24, 2.45) is 0 Å². The number of hydrogen-bond acceptors (Lipinski definition) is 18. The first-order chi connectivity index (χ1) is 17.6. The van der Waals surface area contributed by atoms with E-state index in [2.05, 4.69) is 9.05 Å². The number of ether oxygens (including phenoxy) is 3. The predicted molar refractivity (Wildman–Crippen MR) is 112 cm³/mol. The maximum absolute atomic E-state index is 12.5. The summed E-state index contributed by atoms with van der Waals surface area (Å²) in [5.74, 6) is 0. The molecule has 19 nitrogen and oxygen atoms in total. The van der Waals surface area contributed by atoms with Crippen molar-refractivity contribution in [1.82, 2.24) is 0 Å². The second-order valence-electron chi connectivity index (χ2n) is 9.10. The van der Waals surface area contributed by atoms with Gasteiger partial charge in [-0.3, -0.25) is 9.05 Å². The van der Waals surface area contributed by atoms with E-state index < -0.39 is 119 Å². The fourth-order valence-corrected chi connectivity index (χ4v) is 5.32. The van der Waals surface area contributed by atoms with Gasteiger partial charge in [0, 0.05) is 0 Å². The normalized spacial score (nSPS) is 51.9. The van der Waals surface area contributed by atoms with Gasteiger partial charge in [-0.05, 0) is 0 Å². The molecule has 2 heterocycles. The van der Waals surface area contributed by atoms with E-state index in [4.69, 9.17) is 14.2 Å². The van der Waals surface area contributed by atoms with Gasteiger partial charge < -0.3 is 80.4 Å². The van der Waals surface area contributed by atoms with Gasteiger partial charge in [0.05, 0.1) is 13.2 Å². The van der Waals surface area contributed by atoms with Crippen LogP contribution in [-0.2, 0) is 27.8 Å². The van der Waals surface area contributed by atoms with Crippen LogP contribution >= 0.6 is 7.82 Å². The maximum atomic E-state index is 12.5. The first-order valence-corrected chi connectivity index (χ1v) is 12.8. The Morgan fingerprint density at radius 1 is 0.526 bits per heavy atom. The molecule has 0 bridgehead atoms. The summed E-state index contributed by atoms with van der Waals surface area (Å²) in [6.07, 6.45) is -31.5. The van der Waals surface area contributed by atoms with Crippen molar-refractivity contribution in [3.05, 3.63) is 0 Å². The van der Waals surface area contributed by atoms with Crippen molar-refractivity contribution in [3.8, 4) is 0 Å². The highest BCUT2D eigenvalue weighted by Crippen LogP contribution is 2.49. The van der Waals surface area contributed by atoms with E-state index in [9.17, 15) is 70.7 Å². The minimum atomic E-state index is -5.47. The first kappa shape index (κ1) is 32.0. The van der Waals surface area contributed by atoms with Crippen molar-refractivity contribution in [2.45, 2.75) is 98.0 Å². The zero-order valence-corrected chi connectivity index (χ0v) is 20.3. The van der Waals surface area contributed by atoms with Crippen molar-refractivity contribution in [1.29, 1.82) is 0 Å². The Labute approximate surface area is 213 Å². The molecular formula is C18H33O19P. The number of aliphatic hydroxyl groups excluding tert-OH is 12. The molecule has 1 aliphatic carbocycles. The Morgan fingerprint density at radius 2 is 0.947 bits per heavy atom. The molecule has 38 heavy (non-hydrogen) atoms. The van der Waals surface area contributed by atoms with Gasteiger partial charge in [0.2, 0.25) is 0 Å². The Bertz CT molecular complexity index is 801. The van der Waals surface area contributed by atoms with Gasteiger partial charge in [-0.15, -0.1) is 0 Å². The van der Waals surface area contributed by atoms with Gasteiger partial charge in [-0.2, -0.15) is 0 Å². The summed E-state index contributed by atoms with van der Waals surface area (Å²) in [5.41, 5.74) is 0. The van der Waals surface area contributed by atoms with Crippen LogP contribution in [0.15, 0.2) is 0 Å². The number of aliphatic hydroxyl groups is 12. The van der Waals surface area contributed by atoms with Gasteiger partial charge in [-0.1, -0.05) is 0 Å². The van der Waals surface area contributed by atoms with E-state index >= 15 is 0 Å². The van der Waals surface area contributed by atoms with Crippen LogP contribution in [-0.4, -0.2) is 177 Å². The largest absolute Gasteiger partial charge is 0.475 e. The summed E-state index contributed by atoms with van der Waals surface area (Å²) in [5, 5.41) is 119. The molecule has 20 heteroatoms. The summed E-state index contributed by atoms with van der Waals surface area (Å²) < 4.78 is 37.5. The first-order valence-electron chi connectivity index (χ1n) is 11.3. The van der Waals surface area contributed by atoms with Gasteiger partial charge in [-0.25, -0.2) is 4.57 Å². The third kappa shape index (κ3) is 6.37. The molecule has 0 spiro atoms. The van der Waals surface area contributed by atoms with E-state index in [-0.39, 0.29) is 0 Å². The molecule has 3 aliphatic rings. The summed E-state index contributed by atoms with van der Waals surface area (Å²) >= 11 is 0. The van der Waals surface area contributed by atoms with Gasteiger partial charge >= 0.3 is 7.82 Å². The summed E-state index contributed by atoms with van der Waals surface area (Å²) in [6.45, 7) is -1.79. The monoisotopic (exact) mass is 584 g/mol. The number of phosphoric acid groups is 1. The van der Waals surface area contributed by atoms with Crippen molar-refractivity contribution in [2.75, 3.05) is 13.2 Å². The zero-order valence-electron chi connectivity index (χ0n) is 19.4. The van der Waals surface area contributed by atoms with E-state index in [1.807, 2.05) is 0 Å². The van der Waals surface area contributed by atoms with Crippen LogP contribution < -0.4 is 0 Å². The molecule has 13 N–H and O–H groups in total. The van der Waals surface area contributed by atoms with Crippen LogP contribution in [0.4, 0.5) is 0 Å². The average molecular weight is 584 g/mol. The molecule has 1 saturated carbocycles. The lowest BCUT2D eigenvalue weighted by Gasteiger charge is -2.46. The molecule has 0 amide bonds. The molecule has 4 unspecified atom stereocenters. The van der Waals surface area contributed by atoms with E-state index in [1.54, 1.807) is 0 Å². The quantitative estimate of drug-likeness (QED) is 0.118. The Kier molecular flexibility index (Phi) is 10.6. The molecule has 0 aromatic heterocycles. The Morgan fingerprint density at radius 3 is 1.47 bits per heavy atom. The zero-order chi connectivity index (χ0) is 28.7. The predicted octanol–water partition coefficient (Wildman–Crippen LogP) is -8.07. The fraction of sp³-hybridized carbons (Fsp3) is 1.00. The third-order valence-corrected chi connectivity index (χ3v) is 7.51. The minimum absolute atomic E-state index is 0.806. The molecule has 3 fully saturated rings. The van der Waals surface area contributed by atoms with Gasteiger partial charge in [0.1, 0.15) is 85.5 Å². The lowest BCUT2D eigenvalue weighted by molar-refractivity contribution is -0.353. The number of phosphoric ester groups is 1. The van der Waals surface area contributed by atoms with Gasteiger partial charge in [0.25, 0.3) is 0 Å². The maximum Gasteiger partial charge on any atom is 0.475 e. The molecule has 17 atom stereocenters. The topological polar surface area (TPSA) is 326 Å². The Balaban J connectivity index is 1.70. The second kappa shape index (κ2) is 12.6. The standard InChI is InChI=1S/C18H33O19P/c19-1-3-5(21)6(22)13(29)17(33-3)35-15-4(2-20)34-18(14(30)12(15)28)37-38(31,32)36-16-10(26)8(24)7(23)9(25)11(16)27/h3-30H,1-2H2,(H,31,32)/t3-,4-,5+,6+,7?,8-,9+,10-,11-,12-,13-,14-,15-,16?,17+,18?/m1/s1. The molecule has 3 rings (SSSR count). The smallest absolute Gasteiger partial charge is 0.394 e. The van der Waals surface area contributed by atoms with Crippen LogP contribution in [0.25, 0.3) is 0 Å². The van der Waals surface area contributed by atoms with Crippen molar-refractivity contribution in [3.63, 3.8) is 0 Å². The lowest BCUT2D eigenvalue weighted by atomic mass is 9.85. The van der Waals surface area contributed by atoms with E-state index in [0.717, 1.165) is 0 Å². The summed E-state index contributed by atoms with van der Waals surface area (Å²) in [4.78, 5) is 10.1. The highest BCUT2D eigenvalue weighted by Gasteiger charge is 2.54. The molecule has 0 radical (unpaired) electrons. The Hall–Kier alpha value is -0.490. The minimum Gasteiger partial charge on any atom is -0.394 e. The number of hydrogen-bond donors (Lipinski definition) is 13. The molecule has 2 saturated heterocycles. The SMILES string of the molecule is O=P(O)(OC1O[C@H](CO)[C@@H](O[C@@H]2O[C@H](CO)[C@H](O)[C@H](O)[C@H]2O)[C@H](O)[C@H]1O)OC1[C@H](O)[C@H](O)C(O)[C@H](O)[C@H]1O. The molecular weight excluding hydrogens is 551 g/mol. The molecule has 2 aliphatic heterocycles. The summed E-state index contributed by atoms with van der Waals surface area (Å²) in [7, 11) is -5.47. The van der Waals surface area contributed by atoms with Gasteiger partial charge in [0.15, 0.2) is 12.6 Å². The van der Waals surface area contributed by atoms with Crippen LogP contribution in [0.3, 0.4) is 0 Å². The average Bonchev–Trinajstić information content (AvgIpc) is 2.88. The van der Waals surface area contributed by atoms with Crippen molar-refractivity contribution >= 4 is 7.82 Å². The van der Waals surface area contributed by atoms with Crippen molar-refractivity contribution < 1.29 is 94.0 Å². The summed E-state index contributed by atoms with van der Waals surface area (Å²) in [6, 6.07) is 0. The second-order valence-corrected chi connectivity index (χ2v) is 10.5. The van der Waals surface area contributed by atoms with E-state index in [0.29, 0.717) is 0 Å². The molecule has 0 aromatic carbocycles. The molecule has 224 valence electrons. The fourth-order valence-electron chi connectivity index (χ4n) is 4.27. The van der Waals surface area contributed by atoms with Crippen LogP contribution in [0, 0.1) is 0 Å². The third-order valence-electron chi connectivity index (χ3n) is 6.53. The molecule has 0 aromatic rings. The van der Waals surface area contributed by atoms with E-state index in [1.165, 1.54) is 0 Å².